The first kappa shape index (κ1) is 29.1. The van der Waals surface area contributed by atoms with Gasteiger partial charge in [0.05, 0.1) is 17.7 Å². The number of urea groups is 1. The maximum absolute atomic E-state index is 12.1. The minimum Gasteiger partial charge on any atom is -0.371 e. The summed E-state index contributed by atoms with van der Waals surface area (Å²) in [6.45, 7) is 6.86. The lowest BCUT2D eigenvalue weighted by molar-refractivity contribution is -0.127. The number of fused-ring (bicyclic) bond motifs is 1. The number of amides is 4. The van der Waals surface area contributed by atoms with E-state index >= 15 is 0 Å². The van der Waals surface area contributed by atoms with Gasteiger partial charge in [0, 0.05) is 48.8 Å². The van der Waals surface area contributed by atoms with Crippen LogP contribution in [-0.4, -0.2) is 78.8 Å². The molecule has 0 spiro atoms. The Hall–Kier alpha value is -2.14. The second kappa shape index (κ2) is 13.2. The summed E-state index contributed by atoms with van der Waals surface area (Å²) >= 11 is 1.88. The Balaban J connectivity index is 1.50. The molecule has 2 heterocycles. The molecular formula is C24H40N4O6S. The normalized spacial score (nSPS) is 25.3. The molecule has 0 radical (unpaired) electrons. The van der Waals surface area contributed by atoms with Gasteiger partial charge in [0.15, 0.2) is 0 Å². The van der Waals surface area contributed by atoms with Crippen molar-refractivity contribution in [1.82, 2.24) is 21.3 Å². The molecule has 0 unspecified atom stereocenters. The van der Waals surface area contributed by atoms with Crippen LogP contribution >= 0.6 is 11.8 Å². The number of aldehydes is 2. The predicted octanol–water partition coefficient (Wildman–Crippen LogP) is 1.32. The summed E-state index contributed by atoms with van der Waals surface area (Å²) in [6, 6.07) is -0.101. The fourth-order valence-electron chi connectivity index (χ4n) is 4.51. The summed E-state index contributed by atoms with van der Waals surface area (Å²) in [5.41, 5.74) is -1.09. The maximum atomic E-state index is 12.1. The molecule has 2 aliphatic rings. The van der Waals surface area contributed by atoms with Crippen LogP contribution in [0.5, 0.6) is 0 Å². The minimum atomic E-state index is -0.591. The van der Waals surface area contributed by atoms with E-state index in [1.54, 1.807) is 6.92 Å². The van der Waals surface area contributed by atoms with Gasteiger partial charge in [-0.3, -0.25) is 9.59 Å². The molecule has 2 rings (SSSR count). The zero-order chi connectivity index (χ0) is 26.0. The van der Waals surface area contributed by atoms with E-state index in [4.69, 9.17) is 4.74 Å². The van der Waals surface area contributed by atoms with Gasteiger partial charge in [-0.1, -0.05) is 13.3 Å². The van der Waals surface area contributed by atoms with Crippen molar-refractivity contribution in [2.45, 2.75) is 82.0 Å². The molecule has 0 aliphatic carbocycles. The van der Waals surface area contributed by atoms with Crippen molar-refractivity contribution < 1.29 is 28.7 Å². The first-order valence-corrected chi connectivity index (χ1v) is 13.3. The molecule has 2 aliphatic heterocycles. The summed E-state index contributed by atoms with van der Waals surface area (Å²) in [7, 11) is 0. The Kier molecular flexibility index (Phi) is 11.0. The third-order valence-electron chi connectivity index (χ3n) is 7.08. The SMILES string of the molecule is CC(CC=O)(CC=O)COCC(=O)NCCCNC(=O)CCCC[C@@H]1SC[C@]2(C)NC(=O)N[C@]12C. The van der Waals surface area contributed by atoms with Gasteiger partial charge in [-0.15, -0.1) is 0 Å². The molecule has 2 fully saturated rings. The van der Waals surface area contributed by atoms with E-state index in [1.165, 1.54) is 0 Å². The van der Waals surface area contributed by atoms with E-state index in [1.807, 2.05) is 11.8 Å². The number of ether oxygens (including phenoxy) is 1. The number of carbonyl (C=O) groups is 5. The van der Waals surface area contributed by atoms with Crippen molar-refractivity contribution in [2.24, 2.45) is 5.41 Å². The number of thioether (sulfide) groups is 1. The van der Waals surface area contributed by atoms with E-state index in [0.29, 0.717) is 31.2 Å². The smallest absolute Gasteiger partial charge is 0.315 e. The highest BCUT2D eigenvalue weighted by Crippen LogP contribution is 2.47. The average Bonchev–Trinajstić information content (AvgIpc) is 3.14. The van der Waals surface area contributed by atoms with Crippen LogP contribution in [0.1, 0.15) is 65.7 Å². The fourth-order valence-corrected chi connectivity index (χ4v) is 6.40. The van der Waals surface area contributed by atoms with E-state index in [9.17, 15) is 24.0 Å². The number of unbranched alkanes of at least 4 members (excludes halogenated alkanes) is 1. The van der Waals surface area contributed by atoms with Crippen LogP contribution in [0.3, 0.4) is 0 Å². The molecule has 4 amide bonds. The largest absolute Gasteiger partial charge is 0.371 e. The average molecular weight is 513 g/mol. The lowest BCUT2D eigenvalue weighted by Gasteiger charge is -2.35. The summed E-state index contributed by atoms with van der Waals surface area (Å²) in [5, 5.41) is 12.1. The monoisotopic (exact) mass is 512 g/mol. The standard InChI is InChI=1S/C24H40N4O6S/c1-22(9-13-29,10-14-30)16-34-15-20(32)26-12-6-11-25-19(31)8-5-4-7-18-24(3)23(2,17-35-18)27-21(33)28-24/h13-14,18H,4-12,15-17H2,1-3H3,(H,25,31)(H,26,32)(H2,27,28,33)/t18-,23-,24+/m0/s1. The van der Waals surface area contributed by atoms with Gasteiger partial charge in [-0.2, -0.15) is 11.8 Å². The predicted molar refractivity (Wildman–Crippen MR) is 134 cm³/mol. The van der Waals surface area contributed by atoms with Crippen molar-refractivity contribution >= 4 is 42.2 Å². The number of carbonyl (C=O) groups excluding carboxylic acids is 5. The zero-order valence-corrected chi connectivity index (χ0v) is 21.9. The number of hydrogen-bond donors (Lipinski definition) is 4. The van der Waals surface area contributed by atoms with Crippen LogP contribution in [0.15, 0.2) is 0 Å². The molecule has 2 saturated heterocycles. The number of rotatable bonds is 17. The zero-order valence-electron chi connectivity index (χ0n) is 21.1. The van der Waals surface area contributed by atoms with Gasteiger partial charge in [0.1, 0.15) is 19.2 Å². The highest BCUT2D eigenvalue weighted by Gasteiger charge is 2.60. The van der Waals surface area contributed by atoms with E-state index in [2.05, 4.69) is 35.1 Å². The molecule has 0 aromatic carbocycles. The van der Waals surface area contributed by atoms with Crippen LogP contribution in [0, 0.1) is 5.41 Å². The maximum Gasteiger partial charge on any atom is 0.315 e. The van der Waals surface area contributed by atoms with Crippen LogP contribution in [-0.2, 0) is 23.9 Å². The van der Waals surface area contributed by atoms with Crippen LogP contribution in [0.2, 0.25) is 0 Å². The summed E-state index contributed by atoms with van der Waals surface area (Å²) in [4.78, 5) is 57.2. The fraction of sp³-hybridized carbons (Fsp3) is 0.792. The highest BCUT2D eigenvalue weighted by molar-refractivity contribution is 8.00. The van der Waals surface area contributed by atoms with Gasteiger partial charge in [0.25, 0.3) is 0 Å². The summed E-state index contributed by atoms with van der Waals surface area (Å²) in [6.07, 6.45) is 5.61. The second-order valence-corrected chi connectivity index (χ2v) is 11.4. The van der Waals surface area contributed by atoms with Gasteiger partial charge in [-0.05, 0) is 33.1 Å². The molecular weight excluding hydrogens is 472 g/mol. The molecule has 11 heteroatoms. The first-order valence-electron chi connectivity index (χ1n) is 12.3. The molecule has 0 saturated carbocycles. The number of nitrogens with one attached hydrogen (secondary N) is 4. The van der Waals surface area contributed by atoms with Gasteiger partial charge in [0.2, 0.25) is 11.8 Å². The molecule has 0 bridgehead atoms. The van der Waals surface area contributed by atoms with E-state index < -0.39 is 5.41 Å². The Labute approximate surface area is 211 Å². The number of hydrogen-bond acceptors (Lipinski definition) is 7. The van der Waals surface area contributed by atoms with Gasteiger partial charge in [-0.25, -0.2) is 4.79 Å². The van der Waals surface area contributed by atoms with Crippen molar-refractivity contribution in [1.29, 1.82) is 0 Å². The van der Waals surface area contributed by atoms with Gasteiger partial charge < -0.3 is 35.6 Å². The Morgan fingerprint density at radius 2 is 1.74 bits per heavy atom. The molecule has 35 heavy (non-hydrogen) atoms. The van der Waals surface area contributed by atoms with Crippen LogP contribution in [0.4, 0.5) is 4.79 Å². The molecule has 0 aromatic heterocycles. The van der Waals surface area contributed by atoms with Crippen LogP contribution < -0.4 is 21.3 Å². The van der Waals surface area contributed by atoms with Crippen molar-refractivity contribution in [2.75, 3.05) is 32.1 Å². The summed E-state index contributed by atoms with van der Waals surface area (Å²) in [5.74, 6) is 0.602. The molecule has 10 nitrogen and oxygen atoms in total. The molecule has 3 atom stereocenters. The molecule has 198 valence electrons. The minimum absolute atomic E-state index is 0.00439. The van der Waals surface area contributed by atoms with E-state index in [0.717, 1.165) is 37.6 Å². The Morgan fingerprint density at radius 3 is 2.40 bits per heavy atom. The molecule has 0 aromatic rings. The highest BCUT2D eigenvalue weighted by atomic mass is 32.2. The Morgan fingerprint density at radius 1 is 1.09 bits per heavy atom. The third kappa shape index (κ3) is 8.20. The summed E-state index contributed by atoms with van der Waals surface area (Å²) < 4.78 is 5.37. The van der Waals surface area contributed by atoms with Gasteiger partial charge >= 0.3 is 6.03 Å². The van der Waals surface area contributed by atoms with E-state index in [-0.39, 0.29) is 55.0 Å². The quantitative estimate of drug-likeness (QED) is 0.131. The second-order valence-electron chi connectivity index (χ2n) is 10.3. The lowest BCUT2D eigenvalue weighted by atomic mass is 9.79. The Bertz CT molecular complexity index is 771. The third-order valence-corrected chi connectivity index (χ3v) is 8.93. The van der Waals surface area contributed by atoms with Crippen molar-refractivity contribution in [3.05, 3.63) is 0 Å². The first-order chi connectivity index (χ1) is 16.6. The lowest BCUT2D eigenvalue weighted by Crippen LogP contribution is -2.58. The van der Waals surface area contributed by atoms with Crippen molar-refractivity contribution in [3.8, 4) is 0 Å². The van der Waals surface area contributed by atoms with Crippen LogP contribution in [0.25, 0.3) is 0 Å². The molecule has 4 N–H and O–H groups in total. The topological polar surface area (TPSA) is 143 Å². The van der Waals surface area contributed by atoms with Crippen molar-refractivity contribution in [3.63, 3.8) is 0 Å².